The van der Waals surface area contributed by atoms with Gasteiger partial charge in [0.2, 0.25) is 5.91 Å². The number of aliphatic hydroxyl groups is 1. The summed E-state index contributed by atoms with van der Waals surface area (Å²) in [5.41, 5.74) is -0.950. The molecule has 3 rings (SSSR count). The Morgan fingerprint density at radius 2 is 1.71 bits per heavy atom. The fraction of sp³-hybridized carbons (Fsp3) is 0.682. The summed E-state index contributed by atoms with van der Waals surface area (Å²) < 4.78 is 18.7. The van der Waals surface area contributed by atoms with Gasteiger partial charge in [0, 0.05) is 26.1 Å². The highest BCUT2D eigenvalue weighted by molar-refractivity contribution is 5.76. The second-order valence-corrected chi connectivity index (χ2v) is 8.21. The van der Waals surface area contributed by atoms with E-state index in [9.17, 15) is 14.3 Å². The number of ether oxygens (including phenoxy) is 1. The first-order valence-corrected chi connectivity index (χ1v) is 10.6. The maximum Gasteiger partial charge on any atom is 0.223 e. The quantitative estimate of drug-likeness (QED) is 0.808. The zero-order valence-electron chi connectivity index (χ0n) is 16.7. The highest BCUT2D eigenvalue weighted by atomic mass is 19.1. The molecule has 0 bridgehead atoms. The van der Waals surface area contributed by atoms with Gasteiger partial charge in [-0.25, -0.2) is 4.39 Å². The molecule has 1 aromatic rings. The predicted octanol–water partition coefficient (Wildman–Crippen LogP) is 3.21. The maximum atomic E-state index is 13.0. The van der Waals surface area contributed by atoms with Gasteiger partial charge in [-0.15, -0.1) is 0 Å². The van der Waals surface area contributed by atoms with E-state index in [0.717, 1.165) is 26.1 Å². The van der Waals surface area contributed by atoms with Gasteiger partial charge in [-0.2, -0.15) is 0 Å². The van der Waals surface area contributed by atoms with Crippen molar-refractivity contribution in [3.05, 3.63) is 30.1 Å². The fourth-order valence-electron chi connectivity index (χ4n) is 4.09. The molecule has 1 N–H and O–H groups in total. The largest absolute Gasteiger partial charge is 0.491 e. The van der Waals surface area contributed by atoms with E-state index in [1.54, 1.807) is 12.1 Å². The highest BCUT2D eigenvalue weighted by Gasteiger charge is 2.32. The van der Waals surface area contributed by atoms with Gasteiger partial charge in [-0.05, 0) is 69.5 Å². The van der Waals surface area contributed by atoms with E-state index in [1.165, 1.54) is 37.8 Å². The summed E-state index contributed by atoms with van der Waals surface area (Å²) in [4.78, 5) is 17.0. The Kier molecular flexibility index (Phi) is 7.68. The van der Waals surface area contributed by atoms with E-state index in [1.807, 2.05) is 4.90 Å². The number of benzene rings is 1. The molecular weight excluding hydrogens is 359 g/mol. The van der Waals surface area contributed by atoms with Crippen LogP contribution < -0.4 is 4.74 Å². The molecule has 0 aliphatic carbocycles. The van der Waals surface area contributed by atoms with Crippen molar-refractivity contribution in [2.24, 2.45) is 0 Å². The van der Waals surface area contributed by atoms with Crippen molar-refractivity contribution in [3.8, 4) is 5.75 Å². The van der Waals surface area contributed by atoms with Crippen molar-refractivity contribution in [2.45, 2.75) is 57.0 Å². The third kappa shape index (κ3) is 6.45. The fourth-order valence-corrected chi connectivity index (χ4v) is 4.09. The lowest BCUT2D eigenvalue weighted by molar-refractivity contribution is -0.131. The standard InChI is InChI=1S/C22H33FN2O3/c23-19-6-8-20(9-7-19)28-18-22(27)11-5-15-25(17-12-22)21(26)10-16-24-13-3-1-2-4-14-24/h6-9,27H,1-5,10-18H2. The first-order valence-electron chi connectivity index (χ1n) is 10.6. The highest BCUT2D eigenvalue weighted by Crippen LogP contribution is 2.24. The monoisotopic (exact) mass is 392 g/mol. The number of carbonyl (C=O) groups excluding carboxylic acids is 1. The van der Waals surface area contributed by atoms with Crippen LogP contribution in [-0.2, 0) is 4.79 Å². The minimum Gasteiger partial charge on any atom is -0.491 e. The molecule has 0 radical (unpaired) electrons. The minimum atomic E-state index is -0.950. The molecule has 0 saturated carbocycles. The van der Waals surface area contributed by atoms with E-state index in [-0.39, 0.29) is 18.3 Å². The molecule has 2 fully saturated rings. The van der Waals surface area contributed by atoms with Crippen LogP contribution in [0.5, 0.6) is 5.75 Å². The number of halogens is 1. The van der Waals surface area contributed by atoms with Crippen LogP contribution in [0.2, 0.25) is 0 Å². The molecule has 2 aliphatic rings. The smallest absolute Gasteiger partial charge is 0.223 e. The molecule has 156 valence electrons. The zero-order valence-corrected chi connectivity index (χ0v) is 16.7. The van der Waals surface area contributed by atoms with Gasteiger partial charge in [-0.3, -0.25) is 4.79 Å². The molecule has 2 aliphatic heterocycles. The minimum absolute atomic E-state index is 0.161. The number of carbonyl (C=O) groups is 1. The molecule has 1 aromatic carbocycles. The predicted molar refractivity (Wildman–Crippen MR) is 107 cm³/mol. The number of amides is 1. The van der Waals surface area contributed by atoms with Crippen molar-refractivity contribution < 1.29 is 19.0 Å². The Morgan fingerprint density at radius 1 is 1.00 bits per heavy atom. The Bertz CT molecular complexity index is 617. The lowest BCUT2D eigenvalue weighted by atomic mass is 9.96. The molecule has 1 amide bonds. The molecule has 1 atom stereocenters. The Morgan fingerprint density at radius 3 is 2.43 bits per heavy atom. The average molecular weight is 393 g/mol. The third-order valence-corrected chi connectivity index (χ3v) is 5.93. The number of likely N-dealkylation sites (tertiary alicyclic amines) is 2. The number of rotatable bonds is 6. The summed E-state index contributed by atoms with van der Waals surface area (Å²) in [6.45, 7) is 4.46. The van der Waals surface area contributed by atoms with Crippen LogP contribution in [0.3, 0.4) is 0 Å². The molecule has 5 nitrogen and oxygen atoms in total. The maximum absolute atomic E-state index is 13.0. The molecule has 0 spiro atoms. The number of nitrogens with zero attached hydrogens (tertiary/aromatic N) is 2. The van der Waals surface area contributed by atoms with Gasteiger partial charge < -0.3 is 19.6 Å². The summed E-state index contributed by atoms with van der Waals surface area (Å²) in [5, 5.41) is 10.9. The summed E-state index contributed by atoms with van der Waals surface area (Å²) >= 11 is 0. The summed E-state index contributed by atoms with van der Waals surface area (Å²) in [5.74, 6) is 0.423. The van der Waals surface area contributed by atoms with Crippen LogP contribution in [0.1, 0.15) is 51.4 Å². The van der Waals surface area contributed by atoms with Gasteiger partial charge in [0.05, 0.1) is 0 Å². The molecule has 0 aromatic heterocycles. The zero-order chi connectivity index (χ0) is 19.8. The van der Waals surface area contributed by atoms with E-state index in [2.05, 4.69) is 4.90 Å². The third-order valence-electron chi connectivity index (χ3n) is 5.93. The Balaban J connectivity index is 1.43. The number of hydrogen-bond donors (Lipinski definition) is 1. The second kappa shape index (κ2) is 10.2. The Hall–Kier alpha value is -1.66. The van der Waals surface area contributed by atoms with Crippen molar-refractivity contribution in [1.29, 1.82) is 0 Å². The van der Waals surface area contributed by atoms with E-state index >= 15 is 0 Å². The molecule has 2 saturated heterocycles. The van der Waals surface area contributed by atoms with Gasteiger partial charge >= 0.3 is 0 Å². The van der Waals surface area contributed by atoms with Crippen molar-refractivity contribution >= 4 is 5.91 Å². The molecule has 1 unspecified atom stereocenters. The Labute approximate surface area is 167 Å². The van der Waals surface area contributed by atoms with E-state index in [0.29, 0.717) is 38.1 Å². The summed E-state index contributed by atoms with van der Waals surface area (Å²) in [7, 11) is 0. The van der Waals surface area contributed by atoms with E-state index in [4.69, 9.17) is 4.74 Å². The normalized spacial score (nSPS) is 24.4. The first kappa shape index (κ1) is 21.1. The van der Waals surface area contributed by atoms with Gasteiger partial charge in [0.1, 0.15) is 23.8 Å². The number of hydrogen-bond acceptors (Lipinski definition) is 4. The van der Waals surface area contributed by atoms with Gasteiger partial charge in [0.15, 0.2) is 0 Å². The van der Waals surface area contributed by atoms with Crippen LogP contribution >= 0.6 is 0 Å². The van der Waals surface area contributed by atoms with Crippen LogP contribution in [0, 0.1) is 5.82 Å². The molecule has 6 heteroatoms. The SMILES string of the molecule is O=C(CCN1CCCCCC1)N1CCCC(O)(COc2ccc(F)cc2)CC1. The summed E-state index contributed by atoms with van der Waals surface area (Å²) in [6.07, 6.45) is 7.50. The molecular formula is C22H33FN2O3. The van der Waals surface area contributed by atoms with Gasteiger partial charge in [-0.1, -0.05) is 12.8 Å². The lowest BCUT2D eigenvalue weighted by Gasteiger charge is -2.27. The van der Waals surface area contributed by atoms with Crippen molar-refractivity contribution in [3.63, 3.8) is 0 Å². The topological polar surface area (TPSA) is 53.0 Å². The average Bonchev–Trinajstić information content (AvgIpc) is 3.07. The van der Waals surface area contributed by atoms with Gasteiger partial charge in [0.25, 0.3) is 0 Å². The molecule has 2 heterocycles. The summed E-state index contributed by atoms with van der Waals surface area (Å²) in [6, 6.07) is 5.82. The molecule has 28 heavy (non-hydrogen) atoms. The first-order chi connectivity index (χ1) is 13.5. The van der Waals surface area contributed by atoms with E-state index < -0.39 is 5.60 Å². The van der Waals surface area contributed by atoms with Crippen molar-refractivity contribution in [2.75, 3.05) is 39.3 Å². The van der Waals surface area contributed by atoms with Crippen LogP contribution in [-0.4, -0.2) is 65.7 Å². The second-order valence-electron chi connectivity index (χ2n) is 8.21. The van der Waals surface area contributed by atoms with Crippen LogP contribution in [0.25, 0.3) is 0 Å². The van der Waals surface area contributed by atoms with Crippen LogP contribution in [0.15, 0.2) is 24.3 Å². The van der Waals surface area contributed by atoms with Crippen molar-refractivity contribution in [1.82, 2.24) is 9.80 Å². The van der Waals surface area contributed by atoms with Crippen LogP contribution in [0.4, 0.5) is 4.39 Å². The lowest BCUT2D eigenvalue weighted by Crippen LogP contribution is -2.39.